The fraction of sp³-hybridized carbons (Fsp3) is 0.421. The fourth-order valence-electron chi connectivity index (χ4n) is 2.92. The first-order valence-corrected chi connectivity index (χ1v) is 10.7. The van der Waals surface area contributed by atoms with Crippen LogP contribution in [-0.4, -0.2) is 45.5 Å². The predicted molar refractivity (Wildman–Crippen MR) is 105 cm³/mol. The third-order valence-corrected chi connectivity index (χ3v) is 5.75. The SMILES string of the molecule is CN(C)c1ccc(NC(=O)c2ccco2)cc1CN(CC1CC1)S(C)(=O)=O. The van der Waals surface area contributed by atoms with Crippen LogP contribution in [0, 0.1) is 5.92 Å². The molecule has 0 spiro atoms. The molecule has 3 rings (SSSR count). The Balaban J connectivity index is 1.85. The highest BCUT2D eigenvalue weighted by atomic mass is 32.2. The Kier molecular flexibility index (Phi) is 5.57. The molecule has 0 aliphatic heterocycles. The Morgan fingerprint density at radius 3 is 2.56 bits per heavy atom. The van der Waals surface area contributed by atoms with E-state index in [2.05, 4.69) is 5.32 Å². The minimum absolute atomic E-state index is 0.222. The average molecular weight is 391 g/mol. The number of furan rings is 1. The van der Waals surface area contributed by atoms with Crippen molar-refractivity contribution in [3.8, 4) is 0 Å². The number of amides is 1. The molecule has 1 saturated carbocycles. The maximum atomic E-state index is 12.2. The van der Waals surface area contributed by atoms with Crippen LogP contribution in [0.25, 0.3) is 0 Å². The summed E-state index contributed by atoms with van der Waals surface area (Å²) in [6, 6.07) is 8.74. The van der Waals surface area contributed by atoms with E-state index < -0.39 is 10.0 Å². The van der Waals surface area contributed by atoms with E-state index in [1.165, 1.54) is 16.8 Å². The van der Waals surface area contributed by atoms with Gasteiger partial charge in [0.25, 0.3) is 5.91 Å². The summed E-state index contributed by atoms with van der Waals surface area (Å²) in [5.41, 5.74) is 2.34. The van der Waals surface area contributed by atoms with E-state index in [0.717, 1.165) is 24.1 Å². The van der Waals surface area contributed by atoms with Gasteiger partial charge in [0.2, 0.25) is 10.0 Å². The van der Waals surface area contributed by atoms with E-state index in [0.29, 0.717) is 18.2 Å². The molecule has 146 valence electrons. The Hall–Kier alpha value is -2.32. The van der Waals surface area contributed by atoms with Crippen LogP contribution in [0.4, 0.5) is 11.4 Å². The minimum Gasteiger partial charge on any atom is -0.459 e. The van der Waals surface area contributed by atoms with Crippen LogP contribution in [0.1, 0.15) is 29.0 Å². The Morgan fingerprint density at radius 2 is 2.00 bits per heavy atom. The van der Waals surface area contributed by atoms with Crippen LogP contribution in [0.2, 0.25) is 0 Å². The van der Waals surface area contributed by atoms with Gasteiger partial charge in [-0.25, -0.2) is 8.42 Å². The molecule has 1 N–H and O–H groups in total. The average Bonchev–Trinajstić information content (AvgIpc) is 3.22. The summed E-state index contributed by atoms with van der Waals surface area (Å²) in [5.74, 6) is 0.325. The van der Waals surface area contributed by atoms with Crippen molar-refractivity contribution in [1.82, 2.24) is 4.31 Å². The fourth-order valence-corrected chi connectivity index (χ4v) is 3.78. The van der Waals surface area contributed by atoms with Gasteiger partial charge >= 0.3 is 0 Å². The van der Waals surface area contributed by atoms with Crippen molar-refractivity contribution in [2.45, 2.75) is 19.4 Å². The van der Waals surface area contributed by atoms with Gasteiger partial charge in [-0.3, -0.25) is 4.79 Å². The van der Waals surface area contributed by atoms with Gasteiger partial charge in [-0.1, -0.05) is 0 Å². The molecule has 0 unspecified atom stereocenters. The number of anilines is 2. The topological polar surface area (TPSA) is 82.9 Å². The maximum absolute atomic E-state index is 12.2. The van der Waals surface area contributed by atoms with Gasteiger partial charge in [-0.15, -0.1) is 0 Å². The van der Waals surface area contributed by atoms with Crippen molar-refractivity contribution in [3.05, 3.63) is 47.9 Å². The maximum Gasteiger partial charge on any atom is 0.291 e. The summed E-state index contributed by atoms with van der Waals surface area (Å²) in [6.07, 6.45) is 4.84. The summed E-state index contributed by atoms with van der Waals surface area (Å²) in [4.78, 5) is 14.2. The van der Waals surface area contributed by atoms with Gasteiger partial charge in [-0.2, -0.15) is 4.31 Å². The smallest absolute Gasteiger partial charge is 0.291 e. The normalized spacial score (nSPS) is 14.4. The molecule has 2 aromatic rings. The van der Waals surface area contributed by atoms with E-state index in [9.17, 15) is 13.2 Å². The zero-order chi connectivity index (χ0) is 19.6. The molecule has 27 heavy (non-hydrogen) atoms. The third-order valence-electron chi connectivity index (χ3n) is 4.54. The Morgan fingerprint density at radius 1 is 1.26 bits per heavy atom. The van der Waals surface area contributed by atoms with Gasteiger partial charge in [0, 0.05) is 38.6 Å². The second-order valence-electron chi connectivity index (χ2n) is 7.17. The molecule has 1 aromatic heterocycles. The molecule has 7 nitrogen and oxygen atoms in total. The second-order valence-corrected chi connectivity index (χ2v) is 9.15. The van der Waals surface area contributed by atoms with Crippen LogP contribution in [-0.2, 0) is 16.6 Å². The lowest BCUT2D eigenvalue weighted by Crippen LogP contribution is -2.32. The number of carbonyl (C=O) groups excluding carboxylic acids is 1. The lowest BCUT2D eigenvalue weighted by molar-refractivity contribution is 0.0996. The zero-order valence-electron chi connectivity index (χ0n) is 15.8. The molecular weight excluding hydrogens is 366 g/mol. The number of sulfonamides is 1. The van der Waals surface area contributed by atoms with Gasteiger partial charge in [-0.05, 0) is 54.7 Å². The molecule has 1 heterocycles. The highest BCUT2D eigenvalue weighted by molar-refractivity contribution is 7.88. The van der Waals surface area contributed by atoms with E-state index >= 15 is 0 Å². The number of nitrogens with zero attached hydrogens (tertiary/aromatic N) is 2. The lowest BCUT2D eigenvalue weighted by atomic mass is 10.1. The predicted octanol–water partition coefficient (Wildman–Crippen LogP) is 2.77. The monoisotopic (exact) mass is 391 g/mol. The largest absolute Gasteiger partial charge is 0.459 e. The van der Waals surface area contributed by atoms with Gasteiger partial charge < -0.3 is 14.6 Å². The van der Waals surface area contributed by atoms with Crippen molar-refractivity contribution < 1.29 is 17.6 Å². The highest BCUT2D eigenvalue weighted by Gasteiger charge is 2.29. The van der Waals surface area contributed by atoms with E-state index in [4.69, 9.17) is 4.42 Å². The van der Waals surface area contributed by atoms with Crippen molar-refractivity contribution in [2.75, 3.05) is 37.1 Å². The zero-order valence-corrected chi connectivity index (χ0v) is 16.6. The number of hydrogen-bond acceptors (Lipinski definition) is 5. The van der Waals surface area contributed by atoms with Crippen LogP contribution in [0.5, 0.6) is 0 Å². The molecule has 1 amide bonds. The van der Waals surface area contributed by atoms with Gasteiger partial charge in [0.1, 0.15) is 0 Å². The molecule has 0 radical (unpaired) electrons. The standard InChI is InChI=1S/C19H25N3O4S/c1-21(2)17-9-8-16(20-19(23)18-5-4-10-26-18)11-15(17)13-22(27(3,24)25)12-14-6-7-14/h4-5,8-11,14H,6-7,12-13H2,1-3H3,(H,20,23). The summed E-state index contributed by atoms with van der Waals surface area (Å²) in [7, 11) is 0.497. The number of carbonyl (C=O) groups is 1. The molecule has 0 bridgehead atoms. The number of benzene rings is 1. The van der Waals surface area contributed by atoms with Crippen LogP contribution < -0.4 is 10.2 Å². The molecule has 1 aliphatic rings. The highest BCUT2D eigenvalue weighted by Crippen LogP contribution is 2.32. The third kappa shape index (κ3) is 5.11. The lowest BCUT2D eigenvalue weighted by Gasteiger charge is -2.24. The van der Waals surface area contributed by atoms with Crippen LogP contribution in [0.15, 0.2) is 41.0 Å². The summed E-state index contributed by atoms with van der Waals surface area (Å²) in [6.45, 7) is 0.808. The van der Waals surface area contributed by atoms with E-state index in [1.54, 1.807) is 18.2 Å². The van der Waals surface area contributed by atoms with Crippen molar-refractivity contribution in [1.29, 1.82) is 0 Å². The molecule has 1 fully saturated rings. The van der Waals surface area contributed by atoms with Crippen molar-refractivity contribution in [3.63, 3.8) is 0 Å². The van der Waals surface area contributed by atoms with Crippen molar-refractivity contribution >= 4 is 27.3 Å². The first-order valence-electron chi connectivity index (χ1n) is 8.84. The molecule has 1 aromatic carbocycles. The molecule has 0 atom stereocenters. The second kappa shape index (κ2) is 7.74. The van der Waals surface area contributed by atoms with E-state index in [-0.39, 0.29) is 18.2 Å². The molecule has 0 saturated heterocycles. The van der Waals surface area contributed by atoms with Crippen LogP contribution >= 0.6 is 0 Å². The first-order chi connectivity index (χ1) is 12.7. The van der Waals surface area contributed by atoms with Crippen molar-refractivity contribution in [2.24, 2.45) is 5.92 Å². The van der Waals surface area contributed by atoms with E-state index in [1.807, 2.05) is 31.1 Å². The van der Waals surface area contributed by atoms with Gasteiger partial charge in [0.15, 0.2) is 5.76 Å². The van der Waals surface area contributed by atoms with Gasteiger partial charge in [0.05, 0.1) is 12.5 Å². The Labute approximate surface area is 160 Å². The molecule has 8 heteroatoms. The first kappa shape index (κ1) is 19.4. The minimum atomic E-state index is -3.32. The summed E-state index contributed by atoms with van der Waals surface area (Å²) >= 11 is 0. The summed E-state index contributed by atoms with van der Waals surface area (Å²) < 4.78 is 31.1. The van der Waals surface area contributed by atoms with Crippen LogP contribution in [0.3, 0.4) is 0 Å². The number of hydrogen-bond donors (Lipinski definition) is 1. The summed E-state index contributed by atoms with van der Waals surface area (Å²) in [5, 5.41) is 2.80. The quantitative estimate of drug-likeness (QED) is 0.748. The number of rotatable bonds is 8. The Bertz CT molecular complexity index is 903. The molecular formula is C19H25N3O4S. The number of nitrogens with one attached hydrogen (secondary N) is 1. The molecule has 1 aliphatic carbocycles.